The number of hydrogen-bond acceptors (Lipinski definition) is 3. The number of benzene rings is 2. The predicted molar refractivity (Wildman–Crippen MR) is 67.9 cm³/mol. The Balaban J connectivity index is 2.49. The Bertz CT molecular complexity index is 673. The van der Waals surface area contributed by atoms with Crippen molar-refractivity contribution in [2.45, 2.75) is 0 Å². The number of hydrogen-bond donors (Lipinski definition) is 0. The fraction of sp³-hybridized carbons (Fsp3) is 0. The van der Waals surface area contributed by atoms with Crippen LogP contribution in [0.5, 0.6) is 0 Å². The molecule has 0 unspecified atom stereocenters. The molecule has 19 heavy (non-hydrogen) atoms. The Hall–Kier alpha value is -2.27. The number of ketones is 1. The van der Waals surface area contributed by atoms with E-state index in [1.54, 1.807) is 0 Å². The van der Waals surface area contributed by atoms with E-state index in [-0.39, 0.29) is 21.8 Å². The lowest BCUT2D eigenvalue weighted by Crippen LogP contribution is -2.04. The van der Waals surface area contributed by atoms with Crippen LogP contribution >= 0.6 is 11.6 Å². The molecule has 0 radical (unpaired) electrons. The van der Waals surface area contributed by atoms with Crippen LogP contribution in [-0.4, -0.2) is 10.7 Å². The highest BCUT2D eigenvalue weighted by Crippen LogP contribution is 2.26. The van der Waals surface area contributed by atoms with Crippen LogP contribution < -0.4 is 0 Å². The third-order valence-corrected chi connectivity index (χ3v) is 2.84. The summed E-state index contributed by atoms with van der Waals surface area (Å²) < 4.78 is 13.5. The van der Waals surface area contributed by atoms with Crippen LogP contribution in [0.3, 0.4) is 0 Å². The van der Waals surface area contributed by atoms with Gasteiger partial charge in [-0.25, -0.2) is 4.39 Å². The smallest absolute Gasteiger partial charge is 0.288 e. The molecule has 2 aromatic rings. The summed E-state index contributed by atoms with van der Waals surface area (Å²) in [4.78, 5) is 22.1. The maximum Gasteiger partial charge on any atom is 0.288 e. The fourth-order valence-electron chi connectivity index (χ4n) is 1.59. The SMILES string of the molecule is O=C(c1ccc(Cl)c([N+](=O)[O-])c1)c1ccccc1F. The zero-order chi connectivity index (χ0) is 14.0. The number of rotatable bonds is 3. The van der Waals surface area contributed by atoms with Gasteiger partial charge in [0.2, 0.25) is 0 Å². The number of carbonyl (C=O) groups is 1. The minimum atomic E-state index is -0.694. The molecule has 0 saturated carbocycles. The Morgan fingerprint density at radius 3 is 2.53 bits per heavy atom. The molecule has 2 aromatic carbocycles. The summed E-state index contributed by atoms with van der Waals surface area (Å²) in [6, 6.07) is 9.04. The average Bonchev–Trinajstić information content (AvgIpc) is 2.38. The van der Waals surface area contributed by atoms with Gasteiger partial charge in [0.1, 0.15) is 10.8 Å². The van der Waals surface area contributed by atoms with E-state index >= 15 is 0 Å². The van der Waals surface area contributed by atoms with Crippen LogP contribution in [0.1, 0.15) is 15.9 Å². The summed E-state index contributed by atoms with van der Waals surface area (Å²) in [5.41, 5.74) is -0.510. The van der Waals surface area contributed by atoms with Crippen molar-refractivity contribution in [2.24, 2.45) is 0 Å². The second-order valence-electron chi connectivity index (χ2n) is 3.73. The minimum Gasteiger partial charge on any atom is -0.288 e. The van der Waals surface area contributed by atoms with Gasteiger partial charge in [-0.3, -0.25) is 14.9 Å². The van der Waals surface area contributed by atoms with Crippen molar-refractivity contribution >= 4 is 23.1 Å². The van der Waals surface area contributed by atoms with Crippen molar-refractivity contribution < 1.29 is 14.1 Å². The molecule has 2 rings (SSSR count). The lowest BCUT2D eigenvalue weighted by Gasteiger charge is -2.03. The minimum absolute atomic E-state index is 0.0150. The monoisotopic (exact) mass is 279 g/mol. The van der Waals surface area contributed by atoms with Crippen molar-refractivity contribution in [1.29, 1.82) is 0 Å². The van der Waals surface area contributed by atoms with Gasteiger partial charge in [0, 0.05) is 11.6 Å². The first kappa shape index (κ1) is 13.2. The van der Waals surface area contributed by atoms with Crippen molar-refractivity contribution in [1.82, 2.24) is 0 Å². The standard InChI is InChI=1S/C13H7ClFNO3/c14-10-6-5-8(7-12(10)16(18)19)13(17)9-3-1-2-4-11(9)15/h1-7H. The van der Waals surface area contributed by atoms with E-state index in [9.17, 15) is 19.3 Å². The first-order valence-electron chi connectivity index (χ1n) is 5.24. The molecular formula is C13H7ClFNO3. The molecule has 96 valence electrons. The van der Waals surface area contributed by atoms with Crippen LogP contribution in [0.25, 0.3) is 0 Å². The van der Waals surface area contributed by atoms with Crippen molar-refractivity contribution in [3.8, 4) is 0 Å². The van der Waals surface area contributed by atoms with E-state index in [0.29, 0.717) is 0 Å². The molecule has 0 aliphatic carbocycles. The van der Waals surface area contributed by atoms with Crippen LogP contribution in [0.15, 0.2) is 42.5 Å². The van der Waals surface area contributed by atoms with Crippen LogP contribution in [0.4, 0.5) is 10.1 Å². The zero-order valence-electron chi connectivity index (χ0n) is 9.47. The van der Waals surface area contributed by atoms with Crippen molar-refractivity contribution in [2.75, 3.05) is 0 Å². The van der Waals surface area contributed by atoms with E-state index in [4.69, 9.17) is 11.6 Å². The molecule has 0 atom stereocenters. The van der Waals surface area contributed by atoms with Crippen molar-refractivity contribution in [3.63, 3.8) is 0 Å². The van der Waals surface area contributed by atoms with E-state index in [1.807, 2.05) is 0 Å². The highest BCUT2D eigenvalue weighted by atomic mass is 35.5. The van der Waals surface area contributed by atoms with Crippen LogP contribution in [0.2, 0.25) is 5.02 Å². The first-order chi connectivity index (χ1) is 9.00. The highest BCUT2D eigenvalue weighted by molar-refractivity contribution is 6.32. The molecule has 0 saturated heterocycles. The summed E-state index contributed by atoms with van der Waals surface area (Å²) in [5.74, 6) is -1.30. The second kappa shape index (κ2) is 5.16. The van der Waals surface area contributed by atoms with Crippen molar-refractivity contribution in [3.05, 3.63) is 74.5 Å². The van der Waals surface area contributed by atoms with Gasteiger partial charge < -0.3 is 0 Å². The molecular weight excluding hydrogens is 273 g/mol. The summed E-state index contributed by atoms with van der Waals surface area (Å²) in [6.07, 6.45) is 0. The van der Waals surface area contributed by atoms with E-state index in [1.165, 1.54) is 30.3 Å². The van der Waals surface area contributed by atoms with Gasteiger partial charge in [-0.15, -0.1) is 0 Å². The largest absolute Gasteiger partial charge is 0.288 e. The molecule has 4 nitrogen and oxygen atoms in total. The molecule has 0 spiro atoms. The van der Waals surface area contributed by atoms with Gasteiger partial charge in [-0.05, 0) is 24.3 Å². The lowest BCUT2D eigenvalue weighted by molar-refractivity contribution is -0.384. The summed E-state index contributed by atoms with van der Waals surface area (Å²) in [7, 11) is 0. The maximum absolute atomic E-state index is 13.5. The molecule has 0 heterocycles. The molecule has 0 fully saturated rings. The van der Waals surface area contributed by atoms with E-state index in [2.05, 4.69) is 0 Å². The maximum atomic E-state index is 13.5. The van der Waals surface area contributed by atoms with Gasteiger partial charge >= 0.3 is 0 Å². The molecule has 0 aromatic heterocycles. The molecule has 6 heteroatoms. The molecule has 0 N–H and O–H groups in total. The van der Waals surface area contributed by atoms with E-state index in [0.717, 1.165) is 12.1 Å². The number of nitro benzene ring substituents is 1. The fourth-order valence-corrected chi connectivity index (χ4v) is 1.78. The second-order valence-corrected chi connectivity index (χ2v) is 4.14. The van der Waals surface area contributed by atoms with Gasteiger partial charge in [0.05, 0.1) is 10.5 Å². The summed E-state index contributed by atoms with van der Waals surface area (Å²) >= 11 is 5.65. The Morgan fingerprint density at radius 2 is 1.89 bits per heavy atom. The Morgan fingerprint density at radius 1 is 1.21 bits per heavy atom. The van der Waals surface area contributed by atoms with Crippen LogP contribution in [0, 0.1) is 15.9 Å². The van der Waals surface area contributed by atoms with Gasteiger partial charge in [0.15, 0.2) is 5.78 Å². The number of carbonyl (C=O) groups excluding carboxylic acids is 1. The quantitative estimate of drug-likeness (QED) is 0.490. The van der Waals surface area contributed by atoms with Gasteiger partial charge in [0.25, 0.3) is 5.69 Å². The molecule has 0 amide bonds. The topological polar surface area (TPSA) is 60.2 Å². The molecule has 0 bridgehead atoms. The molecule has 0 aliphatic heterocycles. The number of halogens is 2. The number of nitrogens with zero attached hydrogens (tertiary/aromatic N) is 1. The zero-order valence-corrected chi connectivity index (χ0v) is 10.2. The Labute approximate surface area is 112 Å². The first-order valence-corrected chi connectivity index (χ1v) is 5.61. The average molecular weight is 280 g/mol. The highest BCUT2D eigenvalue weighted by Gasteiger charge is 2.19. The third kappa shape index (κ3) is 2.61. The van der Waals surface area contributed by atoms with Crippen LogP contribution in [-0.2, 0) is 0 Å². The third-order valence-electron chi connectivity index (χ3n) is 2.52. The summed E-state index contributed by atoms with van der Waals surface area (Å²) in [6.45, 7) is 0. The Kier molecular flexibility index (Phi) is 3.57. The normalized spacial score (nSPS) is 10.2. The number of nitro groups is 1. The lowest BCUT2D eigenvalue weighted by atomic mass is 10.0. The summed E-state index contributed by atoms with van der Waals surface area (Å²) in [5, 5.41) is 10.7. The van der Waals surface area contributed by atoms with Gasteiger partial charge in [-0.2, -0.15) is 0 Å². The van der Waals surface area contributed by atoms with Gasteiger partial charge in [-0.1, -0.05) is 23.7 Å². The predicted octanol–water partition coefficient (Wildman–Crippen LogP) is 3.62. The van der Waals surface area contributed by atoms with E-state index < -0.39 is 16.5 Å². The molecule has 0 aliphatic rings.